The van der Waals surface area contributed by atoms with E-state index in [1.807, 2.05) is 0 Å². The van der Waals surface area contributed by atoms with E-state index in [0.29, 0.717) is 6.07 Å². The molecule has 0 bridgehead atoms. The van der Waals surface area contributed by atoms with Crippen LogP contribution in [0.1, 0.15) is 40.9 Å². The zero-order valence-corrected chi connectivity index (χ0v) is 18.2. The van der Waals surface area contributed by atoms with Crippen LogP contribution in [-0.2, 0) is 30.4 Å². The third-order valence-electron chi connectivity index (χ3n) is 5.09. The van der Waals surface area contributed by atoms with Gasteiger partial charge >= 0.3 is 12.1 Å². The molecule has 0 aliphatic carbocycles. The molecule has 180 valence electrons. The van der Waals surface area contributed by atoms with Crippen LogP contribution in [0, 0.1) is 17.5 Å². The van der Waals surface area contributed by atoms with Gasteiger partial charge in [0.15, 0.2) is 17.3 Å². The topological polar surface area (TPSA) is 73.4 Å². The predicted molar refractivity (Wildman–Crippen MR) is 109 cm³/mol. The monoisotopic (exact) mass is 494 g/mol. The molecule has 2 aromatic rings. The summed E-state index contributed by atoms with van der Waals surface area (Å²) in [6.07, 6.45) is -4.87. The quantitative estimate of drug-likeness (QED) is 0.286. The highest BCUT2D eigenvalue weighted by molar-refractivity contribution is 7.80. The molecular formula is C20H20F6N4O2S. The largest absolute Gasteiger partial charge is 0.461 e. The van der Waals surface area contributed by atoms with Gasteiger partial charge in [-0.3, -0.25) is 0 Å². The summed E-state index contributed by atoms with van der Waals surface area (Å²) in [6.45, 7) is 1.31. The first-order valence-electron chi connectivity index (χ1n) is 9.92. The lowest BCUT2D eigenvalue weighted by Gasteiger charge is -2.32. The van der Waals surface area contributed by atoms with Crippen molar-refractivity contribution in [2.75, 3.05) is 13.2 Å². The van der Waals surface area contributed by atoms with Crippen molar-refractivity contribution >= 4 is 23.2 Å². The molecule has 0 radical (unpaired) electrons. The van der Waals surface area contributed by atoms with Gasteiger partial charge in [0.05, 0.1) is 23.8 Å². The number of thiocarbonyl (C=S) groups is 1. The van der Waals surface area contributed by atoms with Gasteiger partial charge in [-0.1, -0.05) is 12.2 Å². The number of rotatable bonds is 6. The van der Waals surface area contributed by atoms with Gasteiger partial charge in [-0.2, -0.15) is 13.2 Å². The number of esters is 1. The van der Waals surface area contributed by atoms with Gasteiger partial charge in [-0.05, 0) is 25.0 Å². The summed E-state index contributed by atoms with van der Waals surface area (Å²) < 4.78 is 86.3. The smallest absolute Gasteiger partial charge is 0.449 e. The van der Waals surface area contributed by atoms with Gasteiger partial charge in [0, 0.05) is 31.6 Å². The molecule has 33 heavy (non-hydrogen) atoms. The van der Waals surface area contributed by atoms with Crippen molar-refractivity contribution in [2.45, 2.75) is 45.1 Å². The molecule has 1 atom stereocenters. The number of imidazole rings is 1. The van der Waals surface area contributed by atoms with Crippen LogP contribution in [-0.4, -0.2) is 44.6 Å². The Morgan fingerprint density at radius 1 is 1.21 bits per heavy atom. The van der Waals surface area contributed by atoms with Gasteiger partial charge in [0.1, 0.15) is 5.82 Å². The Balaban J connectivity index is 1.76. The van der Waals surface area contributed by atoms with Crippen molar-refractivity contribution in [3.05, 3.63) is 52.4 Å². The number of carbonyl (C=O) groups excluding carboxylic acids is 1. The number of halogens is 6. The maximum absolute atomic E-state index is 13.9. The molecule has 0 saturated heterocycles. The standard InChI is InChI=1S/C20H20F6N4O2S/c1-2-32-18(31)17-15-9-29(3-4-30(15)19(28-17)20(24,25)26)16(33)7-11(27)5-10-6-13(22)14(23)8-12(10)21/h6,8,11H,2-5,7,9,27H2,1H3/t11-/m0/s1. The first-order valence-corrected chi connectivity index (χ1v) is 10.3. The number of ether oxygens (including phenoxy) is 1. The van der Waals surface area contributed by atoms with E-state index in [0.717, 1.165) is 10.6 Å². The fourth-order valence-corrected chi connectivity index (χ4v) is 3.96. The van der Waals surface area contributed by atoms with E-state index in [9.17, 15) is 31.1 Å². The van der Waals surface area contributed by atoms with E-state index in [1.54, 1.807) is 4.90 Å². The van der Waals surface area contributed by atoms with Crippen LogP contribution in [0.25, 0.3) is 0 Å². The number of benzene rings is 1. The second-order valence-electron chi connectivity index (χ2n) is 7.44. The zero-order chi connectivity index (χ0) is 24.5. The number of hydrogen-bond acceptors (Lipinski definition) is 5. The summed E-state index contributed by atoms with van der Waals surface area (Å²) >= 11 is 5.37. The summed E-state index contributed by atoms with van der Waals surface area (Å²) in [5, 5.41) is 0. The number of fused-ring (bicyclic) bond motifs is 1. The molecule has 3 rings (SSSR count). The molecule has 1 aromatic carbocycles. The second-order valence-corrected chi connectivity index (χ2v) is 7.91. The van der Waals surface area contributed by atoms with Crippen LogP contribution >= 0.6 is 12.2 Å². The molecule has 1 aliphatic rings. The Bertz CT molecular complexity index is 1070. The van der Waals surface area contributed by atoms with Crippen LogP contribution in [0.4, 0.5) is 26.3 Å². The predicted octanol–water partition coefficient (Wildman–Crippen LogP) is 3.60. The molecule has 0 spiro atoms. The Morgan fingerprint density at radius 3 is 2.52 bits per heavy atom. The summed E-state index contributed by atoms with van der Waals surface area (Å²) in [5.74, 6) is -5.65. The molecule has 0 fully saturated rings. The molecular weight excluding hydrogens is 474 g/mol. The highest BCUT2D eigenvalue weighted by Gasteiger charge is 2.41. The number of hydrogen-bond donors (Lipinski definition) is 1. The molecule has 1 aliphatic heterocycles. The van der Waals surface area contributed by atoms with E-state index in [2.05, 4.69) is 4.98 Å². The third kappa shape index (κ3) is 5.46. The van der Waals surface area contributed by atoms with E-state index in [-0.39, 0.29) is 55.3 Å². The van der Waals surface area contributed by atoms with Gasteiger partial charge < -0.3 is 19.9 Å². The lowest BCUT2D eigenvalue weighted by Crippen LogP contribution is -2.41. The van der Waals surface area contributed by atoms with Crippen molar-refractivity contribution in [1.29, 1.82) is 0 Å². The number of nitrogens with zero attached hydrogens (tertiary/aromatic N) is 3. The fraction of sp³-hybridized carbons (Fsp3) is 0.450. The zero-order valence-electron chi connectivity index (χ0n) is 17.4. The van der Waals surface area contributed by atoms with Crippen molar-refractivity contribution in [2.24, 2.45) is 5.73 Å². The minimum Gasteiger partial charge on any atom is -0.461 e. The normalized spacial score (nSPS) is 14.7. The Kier molecular flexibility index (Phi) is 7.32. The highest BCUT2D eigenvalue weighted by Crippen LogP contribution is 2.33. The summed E-state index contributed by atoms with van der Waals surface area (Å²) in [4.78, 5) is 17.5. The average molecular weight is 494 g/mol. The minimum absolute atomic E-state index is 0.00889. The van der Waals surface area contributed by atoms with Gasteiger partial charge in [-0.25, -0.2) is 22.9 Å². The van der Waals surface area contributed by atoms with Crippen LogP contribution in [0.15, 0.2) is 12.1 Å². The van der Waals surface area contributed by atoms with E-state index in [1.165, 1.54) is 6.92 Å². The number of aromatic nitrogens is 2. The van der Waals surface area contributed by atoms with Gasteiger partial charge in [0.2, 0.25) is 5.82 Å². The molecule has 0 unspecified atom stereocenters. The van der Waals surface area contributed by atoms with Crippen molar-refractivity contribution in [3.63, 3.8) is 0 Å². The van der Waals surface area contributed by atoms with Gasteiger partial charge in [0.25, 0.3) is 0 Å². The van der Waals surface area contributed by atoms with E-state index < -0.39 is 47.2 Å². The van der Waals surface area contributed by atoms with Crippen molar-refractivity contribution in [1.82, 2.24) is 14.5 Å². The average Bonchev–Trinajstić information content (AvgIpc) is 3.11. The summed E-state index contributed by atoms with van der Waals surface area (Å²) in [5.41, 5.74) is 5.45. The van der Waals surface area contributed by atoms with Gasteiger partial charge in [-0.15, -0.1) is 0 Å². The fourth-order valence-electron chi connectivity index (χ4n) is 3.59. The highest BCUT2D eigenvalue weighted by atomic mass is 32.1. The first-order chi connectivity index (χ1) is 15.4. The maximum Gasteiger partial charge on any atom is 0.449 e. The molecule has 1 aromatic heterocycles. The Morgan fingerprint density at radius 2 is 1.88 bits per heavy atom. The van der Waals surface area contributed by atoms with Crippen molar-refractivity contribution in [3.8, 4) is 0 Å². The first kappa shape index (κ1) is 25.0. The Labute approximate surface area is 190 Å². The molecule has 2 heterocycles. The molecule has 6 nitrogen and oxygen atoms in total. The van der Waals surface area contributed by atoms with E-state index in [4.69, 9.17) is 22.7 Å². The molecule has 2 N–H and O–H groups in total. The third-order valence-corrected chi connectivity index (χ3v) is 5.51. The number of nitrogens with two attached hydrogens (primary N) is 1. The maximum atomic E-state index is 13.9. The van der Waals surface area contributed by atoms with Crippen LogP contribution in [0.5, 0.6) is 0 Å². The van der Waals surface area contributed by atoms with Crippen LogP contribution in [0.3, 0.4) is 0 Å². The lowest BCUT2D eigenvalue weighted by atomic mass is 10.0. The molecule has 13 heteroatoms. The molecule has 0 saturated carbocycles. The second kappa shape index (κ2) is 9.67. The van der Waals surface area contributed by atoms with Crippen LogP contribution in [0.2, 0.25) is 0 Å². The van der Waals surface area contributed by atoms with E-state index >= 15 is 0 Å². The summed E-state index contributed by atoms with van der Waals surface area (Å²) in [7, 11) is 0. The summed E-state index contributed by atoms with van der Waals surface area (Å²) in [6, 6.07) is 0.382. The van der Waals surface area contributed by atoms with Crippen LogP contribution < -0.4 is 5.73 Å². The Hall–Kier alpha value is -2.67. The van der Waals surface area contributed by atoms with Crippen molar-refractivity contribution < 1.29 is 35.9 Å². The lowest BCUT2D eigenvalue weighted by molar-refractivity contribution is -0.147. The SMILES string of the molecule is CCOC(=O)c1nc(C(F)(F)F)n2c1CN(C(=S)C[C@@H](N)Cc1cc(F)c(F)cc1F)CC2. The number of carbonyl (C=O) groups is 1. The molecule has 0 amide bonds. The number of alkyl halides is 3. The minimum atomic E-state index is -4.76.